The first-order chi connectivity index (χ1) is 16.0. The van der Waals surface area contributed by atoms with Gasteiger partial charge in [-0.15, -0.1) is 0 Å². The van der Waals surface area contributed by atoms with Crippen LogP contribution in [0.4, 0.5) is 0 Å². The van der Waals surface area contributed by atoms with Crippen LogP contribution in [-0.2, 0) is 14.9 Å². The molecule has 2 aromatic rings. The number of benzene rings is 1. The summed E-state index contributed by atoms with van der Waals surface area (Å²) in [6.45, 7) is 2.91. The second-order valence-corrected chi connectivity index (χ2v) is 8.66. The van der Waals surface area contributed by atoms with E-state index in [1.54, 1.807) is 6.92 Å². The minimum atomic E-state index is -4.46. The molecule has 0 radical (unpaired) electrons. The minimum Gasteiger partial charge on any atom is -0.494 e. The second kappa shape index (κ2) is 11.5. The monoisotopic (exact) mass is 523 g/mol. The third-order valence-electron chi connectivity index (χ3n) is 5.12. The number of nitrogens with zero attached hydrogens (tertiary/aromatic N) is 4. The van der Waals surface area contributed by atoms with Crippen molar-refractivity contribution in [2.24, 2.45) is 5.10 Å². The third-order valence-corrected chi connectivity index (χ3v) is 5.98. The number of carbonyl (C=O) groups excluding carboxylic acids is 1. The molecule has 1 aliphatic rings. The summed E-state index contributed by atoms with van der Waals surface area (Å²) in [4.78, 5) is 24.8. The number of aliphatic hydroxyl groups is 1. The van der Waals surface area contributed by atoms with E-state index in [2.05, 4.69) is 5.10 Å². The van der Waals surface area contributed by atoms with Crippen LogP contribution in [0.5, 0.6) is 5.88 Å². The first-order valence-electron chi connectivity index (χ1n) is 9.84. The smallest absolute Gasteiger partial charge is 0.494 e. The van der Waals surface area contributed by atoms with Crippen LogP contribution in [0, 0.1) is 18.3 Å². The first-order valence-corrected chi connectivity index (χ1v) is 11.3. The van der Waals surface area contributed by atoms with Crippen LogP contribution >= 0.6 is 0 Å². The minimum absolute atomic E-state index is 0. The van der Waals surface area contributed by atoms with Gasteiger partial charge in [-0.05, 0) is 55.8 Å². The molecule has 0 aliphatic carbocycles. The van der Waals surface area contributed by atoms with Gasteiger partial charge in [0.1, 0.15) is 11.6 Å². The van der Waals surface area contributed by atoms with Gasteiger partial charge in [0.2, 0.25) is 5.88 Å². The maximum atomic E-state index is 12.8. The quantitative estimate of drug-likeness (QED) is 0.224. The summed E-state index contributed by atoms with van der Waals surface area (Å²) >= 11 is 0. The largest absolute Gasteiger partial charge is 1.00 e. The second-order valence-electron chi connectivity index (χ2n) is 7.24. The number of amides is 1. The normalized spacial score (nSPS) is 14.8. The topological polar surface area (TPSA) is 173 Å². The van der Waals surface area contributed by atoms with Gasteiger partial charge in [-0.3, -0.25) is 14.1 Å². The molecular formula is C22H20KN4O7S+. The Morgan fingerprint density at radius 2 is 1.80 bits per heavy atom. The summed E-state index contributed by atoms with van der Waals surface area (Å²) in [5, 5.41) is 34.6. The molecule has 3 rings (SSSR count). The van der Waals surface area contributed by atoms with Gasteiger partial charge in [0.25, 0.3) is 21.6 Å². The van der Waals surface area contributed by atoms with E-state index < -0.39 is 32.4 Å². The molecule has 0 saturated carbocycles. The van der Waals surface area contributed by atoms with Crippen molar-refractivity contribution in [3.8, 4) is 17.6 Å². The van der Waals surface area contributed by atoms with Crippen molar-refractivity contribution in [1.82, 2.24) is 9.58 Å². The average Bonchev–Trinajstić information content (AvgIpc) is 3.03. The molecule has 35 heavy (non-hydrogen) atoms. The van der Waals surface area contributed by atoms with Crippen molar-refractivity contribution in [2.75, 3.05) is 13.2 Å². The fourth-order valence-corrected chi connectivity index (χ4v) is 3.86. The number of nitriles is 1. The molecule has 0 saturated heterocycles. The summed E-state index contributed by atoms with van der Waals surface area (Å²) in [6, 6.07) is 6.30. The number of β-amino-alcohol motifs (C(OH)–C–C–N with tert-alkyl or cyclic N) is 1. The van der Waals surface area contributed by atoms with E-state index in [4.69, 9.17) is 9.66 Å². The Kier molecular flexibility index (Phi) is 9.51. The molecule has 0 unspecified atom stereocenters. The average molecular weight is 524 g/mol. The molecule has 1 aromatic heterocycles. The van der Waals surface area contributed by atoms with Gasteiger partial charge in [0.15, 0.2) is 0 Å². The molecule has 13 heteroatoms. The van der Waals surface area contributed by atoms with Crippen LogP contribution in [0.15, 0.2) is 56.8 Å². The summed E-state index contributed by atoms with van der Waals surface area (Å²) in [7, 11) is -4.46. The number of aromatic nitrogens is 1. The molecular weight excluding hydrogens is 503 g/mol. The van der Waals surface area contributed by atoms with Gasteiger partial charge in [-0.25, -0.2) is 9.58 Å². The van der Waals surface area contributed by atoms with Crippen molar-refractivity contribution in [2.45, 2.75) is 18.7 Å². The van der Waals surface area contributed by atoms with Gasteiger partial charge in [0, 0.05) is 5.56 Å². The maximum absolute atomic E-state index is 12.8. The fourth-order valence-electron chi connectivity index (χ4n) is 3.38. The summed E-state index contributed by atoms with van der Waals surface area (Å²) in [5.74, 6) is -0.917. The molecule has 2 heterocycles. The summed E-state index contributed by atoms with van der Waals surface area (Å²) in [6.07, 6.45) is 4.32. The number of hydrogen-bond donors (Lipinski definition) is 3. The zero-order valence-electron chi connectivity index (χ0n) is 19.1. The van der Waals surface area contributed by atoms with E-state index >= 15 is 0 Å². The number of hydrazone groups is 1. The van der Waals surface area contributed by atoms with E-state index in [0.29, 0.717) is 5.71 Å². The van der Waals surface area contributed by atoms with Crippen molar-refractivity contribution in [3.63, 3.8) is 0 Å². The molecule has 1 aromatic carbocycles. The SMILES string of the molecule is CC1=NN(CCO)C(=O)/C1=C\C=C\c1c(C)c(C#N)c(=O)n(-c2ccc(S(=O)(=O)O)cc2)c1O.[K+]. The molecule has 11 nitrogen and oxygen atoms in total. The van der Waals surface area contributed by atoms with E-state index in [9.17, 15) is 28.4 Å². The number of aliphatic hydroxyl groups excluding tert-OH is 1. The fraction of sp³-hybridized carbons (Fsp3) is 0.182. The Bertz CT molecular complexity index is 1470. The number of hydrogen-bond acceptors (Lipinski definition) is 8. The predicted molar refractivity (Wildman–Crippen MR) is 122 cm³/mol. The van der Waals surface area contributed by atoms with Gasteiger partial charge in [0.05, 0.1) is 35.0 Å². The van der Waals surface area contributed by atoms with Gasteiger partial charge in [-0.2, -0.15) is 18.8 Å². The van der Waals surface area contributed by atoms with Crippen molar-refractivity contribution in [3.05, 3.63) is 69.0 Å². The first kappa shape index (κ1) is 28.8. The van der Waals surface area contributed by atoms with E-state index in [1.165, 1.54) is 37.3 Å². The van der Waals surface area contributed by atoms with Crippen LogP contribution < -0.4 is 56.9 Å². The number of allylic oxidation sites excluding steroid dienone is 2. The van der Waals surface area contributed by atoms with E-state index in [1.807, 2.05) is 6.07 Å². The zero-order chi connectivity index (χ0) is 25.2. The van der Waals surface area contributed by atoms with Crippen LogP contribution in [0.25, 0.3) is 11.8 Å². The Morgan fingerprint density at radius 3 is 2.34 bits per heavy atom. The van der Waals surface area contributed by atoms with E-state index in [-0.39, 0.29) is 92.5 Å². The Balaban J connectivity index is 0.00000432. The molecule has 176 valence electrons. The molecule has 1 aliphatic heterocycles. The molecule has 3 N–H and O–H groups in total. The summed E-state index contributed by atoms with van der Waals surface area (Å²) < 4.78 is 32.5. The van der Waals surface area contributed by atoms with Crippen molar-refractivity contribution < 1.29 is 79.4 Å². The number of aromatic hydroxyl groups is 1. The van der Waals surface area contributed by atoms with Crippen LogP contribution in [-0.4, -0.2) is 57.5 Å². The van der Waals surface area contributed by atoms with Crippen LogP contribution in [0.3, 0.4) is 0 Å². The Hall–Kier alpha value is -2.41. The molecule has 0 atom stereocenters. The van der Waals surface area contributed by atoms with Crippen molar-refractivity contribution in [1.29, 1.82) is 5.26 Å². The molecule has 1 amide bonds. The Labute approximate surface area is 243 Å². The van der Waals surface area contributed by atoms with Gasteiger partial charge in [-0.1, -0.05) is 6.08 Å². The third kappa shape index (κ3) is 5.88. The Morgan fingerprint density at radius 1 is 1.17 bits per heavy atom. The van der Waals surface area contributed by atoms with Gasteiger partial charge >= 0.3 is 51.4 Å². The number of pyridine rings is 1. The van der Waals surface area contributed by atoms with Crippen LogP contribution in [0.2, 0.25) is 0 Å². The molecule has 0 bridgehead atoms. The van der Waals surface area contributed by atoms with Gasteiger partial charge < -0.3 is 10.2 Å². The maximum Gasteiger partial charge on any atom is 1.00 e. The predicted octanol–water partition coefficient (Wildman–Crippen LogP) is -1.88. The standard InChI is InChI=1S/C22H20N4O7S.K/c1-13-17(4-3-5-18-14(2)24-25(10-11-27)20(18)28)21(29)26(22(30)19(13)12-23)15-6-8-16(9-7-15)34(31,32)33;/h3-9,27,29H,10-11H2,1-2H3,(H,31,32,33);/q;+1/b4-3+,18-5-;. The molecule has 0 spiro atoms. The number of rotatable bonds is 6. The van der Waals surface area contributed by atoms with Crippen molar-refractivity contribution >= 4 is 27.8 Å². The zero-order valence-corrected chi connectivity index (χ0v) is 23.1. The van der Waals surface area contributed by atoms with E-state index in [0.717, 1.165) is 21.7 Å². The molecule has 0 fully saturated rings. The van der Waals surface area contributed by atoms with Crippen LogP contribution in [0.1, 0.15) is 23.6 Å². The number of carbonyl (C=O) groups is 1. The summed E-state index contributed by atoms with van der Waals surface area (Å²) in [5.41, 5.74) is 0.0405.